The molecular weight excluding hydrogens is 226 g/mol. The van der Waals surface area contributed by atoms with Crippen LogP contribution in [0.4, 0.5) is 0 Å². The minimum Gasteiger partial charge on any atom is -0.481 e. The van der Waals surface area contributed by atoms with E-state index < -0.39 is 5.97 Å². The molecule has 0 aromatic carbocycles. The van der Waals surface area contributed by atoms with Crippen LogP contribution in [0.25, 0.3) is 0 Å². The van der Waals surface area contributed by atoms with E-state index in [-0.39, 0.29) is 5.75 Å². The number of rotatable bonds is 4. The maximum absolute atomic E-state index is 10.5. The summed E-state index contributed by atoms with van der Waals surface area (Å²) in [6, 6.07) is 0.446. The van der Waals surface area contributed by atoms with Crippen molar-refractivity contribution in [2.24, 2.45) is 5.92 Å². The molecule has 88 valence electrons. The molecule has 1 fully saturated rings. The van der Waals surface area contributed by atoms with Crippen molar-refractivity contribution < 1.29 is 9.90 Å². The SMILES string of the molecule is CC1CCC(n2cnnc2SCC(=O)O)C1. The summed E-state index contributed by atoms with van der Waals surface area (Å²) in [5.74, 6) is -0.0369. The Hall–Kier alpha value is -1.04. The van der Waals surface area contributed by atoms with Crippen molar-refractivity contribution >= 4 is 17.7 Å². The summed E-state index contributed by atoms with van der Waals surface area (Å²) in [5.41, 5.74) is 0. The summed E-state index contributed by atoms with van der Waals surface area (Å²) in [7, 11) is 0. The highest BCUT2D eigenvalue weighted by Gasteiger charge is 2.24. The summed E-state index contributed by atoms with van der Waals surface area (Å²) in [6.07, 6.45) is 5.22. The topological polar surface area (TPSA) is 68.0 Å². The van der Waals surface area contributed by atoms with Crippen molar-refractivity contribution in [2.75, 3.05) is 5.75 Å². The second-order valence-corrected chi connectivity index (χ2v) is 5.22. The average Bonchev–Trinajstić information content (AvgIpc) is 2.82. The van der Waals surface area contributed by atoms with E-state index in [1.807, 2.05) is 4.57 Å². The number of aromatic nitrogens is 3. The second-order valence-electron chi connectivity index (χ2n) is 4.28. The first-order valence-electron chi connectivity index (χ1n) is 5.41. The predicted molar refractivity (Wildman–Crippen MR) is 60.4 cm³/mol. The lowest BCUT2D eigenvalue weighted by Crippen LogP contribution is -2.07. The number of thioether (sulfide) groups is 1. The fraction of sp³-hybridized carbons (Fsp3) is 0.700. The maximum Gasteiger partial charge on any atom is 0.313 e. The first-order valence-corrected chi connectivity index (χ1v) is 6.39. The number of hydrogen-bond acceptors (Lipinski definition) is 4. The Morgan fingerprint density at radius 3 is 3.12 bits per heavy atom. The normalized spacial score (nSPS) is 24.8. The van der Waals surface area contributed by atoms with Crippen LogP contribution in [0, 0.1) is 5.92 Å². The lowest BCUT2D eigenvalue weighted by Gasteiger charge is -2.12. The van der Waals surface area contributed by atoms with Gasteiger partial charge in [-0.15, -0.1) is 10.2 Å². The standard InChI is InChI=1S/C10H15N3O2S/c1-7-2-3-8(4-7)13-6-11-12-10(13)16-5-9(14)15/h6-8H,2-5H2,1H3,(H,14,15). The highest BCUT2D eigenvalue weighted by atomic mass is 32.2. The summed E-state index contributed by atoms with van der Waals surface area (Å²) in [5, 5.41) is 17.2. The molecule has 2 rings (SSSR count). The molecule has 0 amide bonds. The van der Waals surface area contributed by atoms with E-state index in [1.54, 1.807) is 6.33 Å². The molecule has 0 radical (unpaired) electrons. The minimum absolute atomic E-state index is 0.0426. The number of carboxylic acids is 1. The Bertz CT molecular complexity index is 380. The van der Waals surface area contributed by atoms with Crippen LogP contribution in [-0.4, -0.2) is 31.6 Å². The summed E-state index contributed by atoms with van der Waals surface area (Å²) in [4.78, 5) is 10.5. The van der Waals surface area contributed by atoms with Gasteiger partial charge in [-0.25, -0.2) is 0 Å². The second kappa shape index (κ2) is 4.86. The highest BCUT2D eigenvalue weighted by Crippen LogP contribution is 2.35. The van der Waals surface area contributed by atoms with Crippen LogP contribution in [0.15, 0.2) is 11.5 Å². The average molecular weight is 241 g/mol. The van der Waals surface area contributed by atoms with Crippen molar-refractivity contribution in [3.63, 3.8) is 0 Å². The molecule has 1 aliphatic rings. The first-order chi connectivity index (χ1) is 7.66. The van der Waals surface area contributed by atoms with Gasteiger partial charge >= 0.3 is 5.97 Å². The predicted octanol–water partition coefficient (Wildman–Crippen LogP) is 1.82. The zero-order chi connectivity index (χ0) is 11.5. The Morgan fingerprint density at radius 1 is 1.69 bits per heavy atom. The van der Waals surface area contributed by atoms with Gasteiger partial charge in [-0.3, -0.25) is 4.79 Å². The van der Waals surface area contributed by atoms with Crippen LogP contribution in [0.5, 0.6) is 0 Å². The van der Waals surface area contributed by atoms with Crippen molar-refractivity contribution in [3.05, 3.63) is 6.33 Å². The molecule has 1 aromatic rings. The molecule has 6 heteroatoms. The van der Waals surface area contributed by atoms with Crippen LogP contribution in [0.1, 0.15) is 32.2 Å². The Balaban J connectivity index is 2.04. The zero-order valence-electron chi connectivity index (χ0n) is 9.17. The molecule has 1 aromatic heterocycles. The summed E-state index contributed by atoms with van der Waals surface area (Å²) in [6.45, 7) is 2.24. The van der Waals surface area contributed by atoms with E-state index >= 15 is 0 Å². The number of aliphatic carboxylic acids is 1. The summed E-state index contributed by atoms with van der Waals surface area (Å²) < 4.78 is 2.02. The maximum atomic E-state index is 10.5. The Morgan fingerprint density at radius 2 is 2.50 bits per heavy atom. The molecule has 1 saturated carbocycles. The van der Waals surface area contributed by atoms with Gasteiger partial charge in [-0.2, -0.15) is 0 Å². The van der Waals surface area contributed by atoms with Crippen molar-refractivity contribution in [1.29, 1.82) is 0 Å². The number of nitrogens with zero attached hydrogens (tertiary/aromatic N) is 3. The van der Waals surface area contributed by atoms with Crippen molar-refractivity contribution in [1.82, 2.24) is 14.8 Å². The molecule has 1 N–H and O–H groups in total. The van der Waals surface area contributed by atoms with E-state index in [4.69, 9.17) is 5.11 Å². The van der Waals surface area contributed by atoms with Gasteiger partial charge < -0.3 is 9.67 Å². The molecule has 1 heterocycles. The largest absolute Gasteiger partial charge is 0.481 e. The molecule has 0 saturated heterocycles. The van der Waals surface area contributed by atoms with Gasteiger partial charge in [-0.05, 0) is 25.2 Å². The molecule has 2 atom stereocenters. The zero-order valence-corrected chi connectivity index (χ0v) is 9.98. The molecule has 5 nitrogen and oxygen atoms in total. The van der Waals surface area contributed by atoms with E-state index in [9.17, 15) is 4.79 Å². The lowest BCUT2D eigenvalue weighted by molar-refractivity contribution is -0.133. The van der Waals surface area contributed by atoms with Gasteiger partial charge in [0.15, 0.2) is 5.16 Å². The van der Waals surface area contributed by atoms with Gasteiger partial charge in [0.05, 0.1) is 5.75 Å². The van der Waals surface area contributed by atoms with Gasteiger partial charge in [0, 0.05) is 6.04 Å². The van der Waals surface area contributed by atoms with Crippen LogP contribution in [0.2, 0.25) is 0 Å². The number of carboxylic acid groups (broad SMARTS) is 1. The van der Waals surface area contributed by atoms with Crippen LogP contribution in [0.3, 0.4) is 0 Å². The van der Waals surface area contributed by atoms with E-state index in [0.717, 1.165) is 23.9 Å². The van der Waals surface area contributed by atoms with E-state index in [0.29, 0.717) is 6.04 Å². The lowest BCUT2D eigenvalue weighted by atomic mass is 10.1. The van der Waals surface area contributed by atoms with Gasteiger partial charge in [0.1, 0.15) is 6.33 Å². The third kappa shape index (κ3) is 2.55. The van der Waals surface area contributed by atoms with Crippen molar-refractivity contribution in [2.45, 2.75) is 37.4 Å². The summed E-state index contributed by atoms with van der Waals surface area (Å²) >= 11 is 1.24. The third-order valence-electron chi connectivity index (χ3n) is 2.93. The molecule has 2 unspecified atom stereocenters. The van der Waals surface area contributed by atoms with E-state index in [2.05, 4.69) is 17.1 Å². The fourth-order valence-electron chi connectivity index (χ4n) is 2.14. The molecule has 1 aliphatic carbocycles. The highest BCUT2D eigenvalue weighted by molar-refractivity contribution is 7.99. The molecule has 16 heavy (non-hydrogen) atoms. The first kappa shape index (κ1) is 11.4. The quantitative estimate of drug-likeness (QED) is 0.814. The fourth-order valence-corrected chi connectivity index (χ4v) is 2.84. The van der Waals surface area contributed by atoms with E-state index in [1.165, 1.54) is 18.2 Å². The van der Waals surface area contributed by atoms with Crippen LogP contribution < -0.4 is 0 Å². The van der Waals surface area contributed by atoms with Gasteiger partial charge in [0.2, 0.25) is 0 Å². The van der Waals surface area contributed by atoms with Crippen LogP contribution >= 0.6 is 11.8 Å². The smallest absolute Gasteiger partial charge is 0.313 e. The Labute approximate surface area is 98.3 Å². The van der Waals surface area contributed by atoms with Crippen molar-refractivity contribution in [3.8, 4) is 0 Å². The molecule has 0 aliphatic heterocycles. The minimum atomic E-state index is -0.820. The monoisotopic (exact) mass is 241 g/mol. The van der Waals surface area contributed by atoms with Crippen LogP contribution in [-0.2, 0) is 4.79 Å². The van der Waals surface area contributed by atoms with Gasteiger partial charge in [0.25, 0.3) is 0 Å². The molecular formula is C10H15N3O2S. The molecule has 0 spiro atoms. The molecule has 0 bridgehead atoms. The van der Waals surface area contributed by atoms with Gasteiger partial charge in [-0.1, -0.05) is 18.7 Å². The Kier molecular flexibility index (Phi) is 3.48. The number of hydrogen-bond donors (Lipinski definition) is 1. The third-order valence-corrected chi connectivity index (χ3v) is 3.87. The number of carbonyl (C=O) groups is 1.